The van der Waals surface area contributed by atoms with Crippen molar-refractivity contribution in [2.75, 3.05) is 5.32 Å². The van der Waals surface area contributed by atoms with Gasteiger partial charge >= 0.3 is 0 Å². The highest BCUT2D eigenvalue weighted by atomic mass is 16.1. The number of para-hydroxylation sites is 1. The summed E-state index contributed by atoms with van der Waals surface area (Å²) in [5, 5.41) is 2.90. The van der Waals surface area contributed by atoms with E-state index < -0.39 is 0 Å². The van der Waals surface area contributed by atoms with E-state index in [2.05, 4.69) is 10.3 Å². The summed E-state index contributed by atoms with van der Waals surface area (Å²) in [4.78, 5) is 16.5. The number of imidazole rings is 1. The number of hydrogen-bond acceptors (Lipinski definition) is 2. The van der Waals surface area contributed by atoms with Gasteiger partial charge in [-0.15, -0.1) is 0 Å². The molecular weight excluding hydrogens is 262 g/mol. The van der Waals surface area contributed by atoms with Crippen LogP contribution in [0, 0.1) is 6.92 Å². The van der Waals surface area contributed by atoms with E-state index in [9.17, 15) is 4.79 Å². The van der Waals surface area contributed by atoms with E-state index >= 15 is 0 Å². The van der Waals surface area contributed by atoms with E-state index in [-0.39, 0.29) is 5.91 Å². The fourth-order valence-corrected chi connectivity index (χ4v) is 2.44. The van der Waals surface area contributed by atoms with Crippen LogP contribution in [-0.4, -0.2) is 15.3 Å². The second-order valence-electron chi connectivity index (χ2n) is 4.99. The zero-order valence-electron chi connectivity index (χ0n) is 11.9. The van der Waals surface area contributed by atoms with Crippen molar-refractivity contribution in [1.29, 1.82) is 0 Å². The lowest BCUT2D eigenvalue weighted by molar-refractivity contribution is -0.116. The topological polar surface area (TPSA) is 46.4 Å². The van der Waals surface area contributed by atoms with Gasteiger partial charge in [0.15, 0.2) is 0 Å². The standard InChI is InChI=1S/C17H17N3O/c1-13-15(20-12-6-5-9-16(20)18-13)10-11-17(21)19-14-7-3-2-4-8-14/h2-9,12H,10-11H2,1H3,(H,19,21). The van der Waals surface area contributed by atoms with Crippen LogP contribution < -0.4 is 5.32 Å². The van der Waals surface area contributed by atoms with Crippen LogP contribution in [0.15, 0.2) is 54.7 Å². The van der Waals surface area contributed by atoms with Gasteiger partial charge in [-0.25, -0.2) is 4.98 Å². The average Bonchev–Trinajstić information content (AvgIpc) is 2.81. The minimum absolute atomic E-state index is 0.0199. The van der Waals surface area contributed by atoms with Gasteiger partial charge in [0.25, 0.3) is 0 Å². The van der Waals surface area contributed by atoms with E-state index in [0.29, 0.717) is 12.8 Å². The first-order valence-corrected chi connectivity index (χ1v) is 7.01. The normalized spacial score (nSPS) is 10.7. The molecule has 0 saturated carbocycles. The Bertz CT molecular complexity index is 762. The number of aryl methyl sites for hydroxylation is 2. The largest absolute Gasteiger partial charge is 0.326 e. The summed E-state index contributed by atoms with van der Waals surface area (Å²) >= 11 is 0. The number of aromatic nitrogens is 2. The van der Waals surface area contributed by atoms with Gasteiger partial charge in [0, 0.05) is 24.0 Å². The van der Waals surface area contributed by atoms with Crippen LogP contribution in [0.1, 0.15) is 17.8 Å². The van der Waals surface area contributed by atoms with Gasteiger partial charge in [0.05, 0.1) is 5.69 Å². The zero-order chi connectivity index (χ0) is 14.7. The maximum atomic E-state index is 12.0. The lowest BCUT2D eigenvalue weighted by Crippen LogP contribution is -2.13. The van der Waals surface area contributed by atoms with Crippen molar-refractivity contribution in [3.8, 4) is 0 Å². The molecule has 4 heteroatoms. The van der Waals surface area contributed by atoms with E-state index in [1.54, 1.807) is 0 Å². The minimum Gasteiger partial charge on any atom is -0.326 e. The highest BCUT2D eigenvalue weighted by Gasteiger charge is 2.10. The molecule has 106 valence electrons. The molecule has 3 aromatic rings. The molecule has 0 aliphatic rings. The molecule has 2 aromatic heterocycles. The molecule has 1 N–H and O–H groups in total. The number of fused-ring (bicyclic) bond motifs is 1. The van der Waals surface area contributed by atoms with Gasteiger partial charge in [-0.05, 0) is 37.6 Å². The van der Waals surface area contributed by atoms with E-state index in [1.807, 2.05) is 66.1 Å². The molecule has 0 saturated heterocycles. The van der Waals surface area contributed by atoms with Crippen LogP contribution in [0.5, 0.6) is 0 Å². The number of nitrogens with one attached hydrogen (secondary N) is 1. The Morgan fingerprint density at radius 3 is 2.71 bits per heavy atom. The Hall–Kier alpha value is -2.62. The van der Waals surface area contributed by atoms with Gasteiger partial charge in [0.1, 0.15) is 5.65 Å². The number of carbonyl (C=O) groups excluding carboxylic acids is 1. The minimum atomic E-state index is 0.0199. The lowest BCUT2D eigenvalue weighted by atomic mass is 10.2. The van der Waals surface area contributed by atoms with Gasteiger partial charge in [0.2, 0.25) is 5.91 Å². The third kappa shape index (κ3) is 2.94. The van der Waals surface area contributed by atoms with Gasteiger partial charge in [-0.1, -0.05) is 24.3 Å². The molecule has 0 unspecified atom stereocenters. The zero-order valence-corrected chi connectivity index (χ0v) is 11.9. The summed E-state index contributed by atoms with van der Waals surface area (Å²) in [5.41, 5.74) is 3.83. The quantitative estimate of drug-likeness (QED) is 0.797. The summed E-state index contributed by atoms with van der Waals surface area (Å²) in [6, 6.07) is 15.4. The Balaban J connectivity index is 1.69. The van der Waals surface area contributed by atoms with E-state index in [4.69, 9.17) is 0 Å². The number of nitrogens with zero attached hydrogens (tertiary/aromatic N) is 2. The van der Waals surface area contributed by atoms with Crippen molar-refractivity contribution in [2.24, 2.45) is 0 Å². The summed E-state index contributed by atoms with van der Waals surface area (Å²) in [6.45, 7) is 1.98. The van der Waals surface area contributed by atoms with Gasteiger partial charge in [-0.3, -0.25) is 4.79 Å². The number of benzene rings is 1. The highest BCUT2D eigenvalue weighted by Crippen LogP contribution is 2.14. The maximum absolute atomic E-state index is 12.0. The second-order valence-corrected chi connectivity index (χ2v) is 4.99. The van der Waals surface area contributed by atoms with Crippen LogP contribution >= 0.6 is 0 Å². The number of anilines is 1. The summed E-state index contributed by atoms with van der Waals surface area (Å²) in [5.74, 6) is 0.0199. The van der Waals surface area contributed by atoms with Crippen molar-refractivity contribution >= 4 is 17.2 Å². The number of hydrogen-bond donors (Lipinski definition) is 1. The molecule has 0 bridgehead atoms. The summed E-state index contributed by atoms with van der Waals surface area (Å²) in [6.07, 6.45) is 3.11. The molecule has 1 amide bonds. The first-order valence-electron chi connectivity index (χ1n) is 7.01. The Morgan fingerprint density at radius 1 is 1.14 bits per heavy atom. The van der Waals surface area contributed by atoms with Crippen LogP contribution in [0.2, 0.25) is 0 Å². The van der Waals surface area contributed by atoms with Crippen molar-refractivity contribution < 1.29 is 4.79 Å². The molecule has 0 aliphatic carbocycles. The second kappa shape index (κ2) is 5.79. The van der Waals surface area contributed by atoms with E-state index in [1.165, 1.54) is 0 Å². The van der Waals surface area contributed by atoms with Crippen LogP contribution in [0.4, 0.5) is 5.69 Å². The van der Waals surface area contributed by atoms with Crippen LogP contribution in [0.25, 0.3) is 5.65 Å². The molecule has 0 atom stereocenters. The molecule has 1 aromatic carbocycles. The third-order valence-electron chi connectivity index (χ3n) is 3.48. The van der Waals surface area contributed by atoms with Gasteiger partial charge < -0.3 is 9.72 Å². The fraction of sp³-hybridized carbons (Fsp3) is 0.176. The smallest absolute Gasteiger partial charge is 0.224 e. The molecule has 0 radical (unpaired) electrons. The van der Waals surface area contributed by atoms with Crippen molar-refractivity contribution in [2.45, 2.75) is 19.8 Å². The summed E-state index contributed by atoms with van der Waals surface area (Å²) < 4.78 is 2.05. The Morgan fingerprint density at radius 2 is 1.90 bits per heavy atom. The predicted octanol–water partition coefficient (Wildman–Crippen LogP) is 3.21. The van der Waals surface area contributed by atoms with Gasteiger partial charge in [-0.2, -0.15) is 0 Å². The summed E-state index contributed by atoms with van der Waals surface area (Å²) in [7, 11) is 0. The molecule has 2 heterocycles. The lowest BCUT2D eigenvalue weighted by Gasteiger charge is -2.05. The average molecular weight is 279 g/mol. The van der Waals surface area contributed by atoms with Crippen molar-refractivity contribution in [1.82, 2.24) is 9.38 Å². The number of pyridine rings is 1. The first-order chi connectivity index (χ1) is 10.2. The number of amides is 1. The van der Waals surface area contributed by atoms with Crippen LogP contribution in [0.3, 0.4) is 0 Å². The Kier molecular flexibility index (Phi) is 3.69. The van der Waals surface area contributed by atoms with E-state index in [0.717, 1.165) is 22.7 Å². The fourth-order valence-electron chi connectivity index (χ4n) is 2.44. The molecular formula is C17H17N3O. The third-order valence-corrected chi connectivity index (χ3v) is 3.48. The molecule has 21 heavy (non-hydrogen) atoms. The molecule has 3 rings (SSSR count). The monoisotopic (exact) mass is 279 g/mol. The number of rotatable bonds is 4. The SMILES string of the molecule is Cc1nc2ccccn2c1CCC(=O)Nc1ccccc1. The van der Waals surface area contributed by atoms with Crippen LogP contribution in [-0.2, 0) is 11.2 Å². The Labute approximate surface area is 123 Å². The molecule has 0 spiro atoms. The molecule has 0 aliphatic heterocycles. The highest BCUT2D eigenvalue weighted by molar-refractivity contribution is 5.90. The predicted molar refractivity (Wildman–Crippen MR) is 83.3 cm³/mol. The van der Waals surface area contributed by atoms with Crippen molar-refractivity contribution in [3.63, 3.8) is 0 Å². The molecule has 4 nitrogen and oxygen atoms in total. The van der Waals surface area contributed by atoms with Crippen molar-refractivity contribution in [3.05, 3.63) is 66.1 Å². The molecule has 0 fully saturated rings. The first kappa shape index (κ1) is 13.4. The maximum Gasteiger partial charge on any atom is 0.224 e. The number of carbonyl (C=O) groups is 1.